The van der Waals surface area contributed by atoms with Crippen molar-refractivity contribution in [1.82, 2.24) is 0 Å². The van der Waals surface area contributed by atoms with Gasteiger partial charge in [-0.2, -0.15) is 0 Å². The van der Waals surface area contributed by atoms with Crippen LogP contribution in [0.1, 0.15) is 105 Å². The zero-order valence-corrected chi connectivity index (χ0v) is 19.9. The van der Waals surface area contributed by atoms with Crippen molar-refractivity contribution < 1.29 is 10.2 Å². The molecule has 0 spiro atoms. The van der Waals surface area contributed by atoms with E-state index in [2.05, 4.69) is 34.6 Å². The first-order valence-electron chi connectivity index (χ1n) is 13.1. The Bertz CT molecular complexity index is 573. The van der Waals surface area contributed by atoms with Crippen molar-refractivity contribution in [3.63, 3.8) is 0 Å². The molecule has 4 fully saturated rings. The van der Waals surface area contributed by atoms with E-state index in [4.69, 9.17) is 0 Å². The Morgan fingerprint density at radius 3 is 2.38 bits per heavy atom. The predicted molar refractivity (Wildman–Crippen MR) is 120 cm³/mol. The van der Waals surface area contributed by atoms with Gasteiger partial charge in [-0.1, -0.05) is 66.7 Å². The molecule has 0 radical (unpaired) electrons. The Labute approximate surface area is 180 Å². The Morgan fingerprint density at radius 2 is 1.66 bits per heavy atom. The predicted octanol–water partition coefficient (Wildman–Crippen LogP) is 6.44. The fourth-order valence-electron chi connectivity index (χ4n) is 9.38. The van der Waals surface area contributed by atoms with Crippen molar-refractivity contribution in [3.8, 4) is 0 Å². The average molecular weight is 405 g/mol. The highest BCUT2D eigenvalue weighted by Crippen LogP contribution is 2.68. The first-order chi connectivity index (χ1) is 13.7. The second kappa shape index (κ2) is 8.12. The minimum Gasteiger partial charge on any atom is -0.390 e. The summed E-state index contributed by atoms with van der Waals surface area (Å²) in [5.74, 6) is 4.35. The second-order valence-electron chi connectivity index (χ2n) is 12.6. The molecule has 10 atom stereocenters. The molecule has 2 nitrogen and oxygen atoms in total. The summed E-state index contributed by atoms with van der Waals surface area (Å²) in [5.41, 5.74) is 0.166. The van der Waals surface area contributed by atoms with E-state index in [1.807, 2.05) is 0 Å². The highest BCUT2D eigenvalue weighted by atomic mass is 16.3. The lowest BCUT2D eigenvalue weighted by molar-refractivity contribution is -0.227. The molecule has 4 aliphatic carbocycles. The van der Waals surface area contributed by atoms with Gasteiger partial charge in [-0.25, -0.2) is 0 Å². The van der Waals surface area contributed by atoms with Gasteiger partial charge in [0.25, 0.3) is 0 Å². The Morgan fingerprint density at radius 1 is 0.897 bits per heavy atom. The van der Waals surface area contributed by atoms with Gasteiger partial charge in [0.2, 0.25) is 0 Å². The van der Waals surface area contributed by atoms with Gasteiger partial charge in [-0.05, 0) is 85.4 Å². The molecule has 0 aromatic carbocycles. The first kappa shape index (κ1) is 22.1. The fraction of sp³-hybridized carbons (Fsp3) is 1.00. The summed E-state index contributed by atoms with van der Waals surface area (Å²) in [7, 11) is 0. The summed E-state index contributed by atoms with van der Waals surface area (Å²) >= 11 is 0. The SMILES string of the molecule is CC(C)CCC[C@@H](C)[C@H]1CC[C@H]2[C@@H]3CCC4CCCC[C@]4(C)[C@H]3C(O)C(O)[C@]12C. The van der Waals surface area contributed by atoms with Crippen LogP contribution in [0.2, 0.25) is 0 Å². The van der Waals surface area contributed by atoms with Crippen LogP contribution < -0.4 is 0 Å². The Kier molecular flexibility index (Phi) is 6.19. The van der Waals surface area contributed by atoms with Crippen molar-refractivity contribution in [3.05, 3.63) is 0 Å². The number of aliphatic hydroxyl groups is 2. The van der Waals surface area contributed by atoms with Crippen LogP contribution in [0.5, 0.6) is 0 Å². The number of rotatable bonds is 5. The molecular weight excluding hydrogens is 356 g/mol. The molecule has 0 amide bonds. The molecule has 4 saturated carbocycles. The van der Waals surface area contributed by atoms with Crippen molar-refractivity contribution in [2.24, 2.45) is 52.3 Å². The first-order valence-corrected chi connectivity index (χ1v) is 13.1. The fourth-order valence-corrected chi connectivity index (χ4v) is 9.38. The number of hydrogen-bond donors (Lipinski definition) is 2. The minimum absolute atomic E-state index is 0.0876. The van der Waals surface area contributed by atoms with E-state index < -0.39 is 12.2 Å². The van der Waals surface area contributed by atoms with Crippen LogP contribution >= 0.6 is 0 Å². The molecule has 0 heterocycles. The van der Waals surface area contributed by atoms with Crippen LogP contribution in [0.15, 0.2) is 0 Å². The van der Waals surface area contributed by atoms with Gasteiger partial charge >= 0.3 is 0 Å². The van der Waals surface area contributed by atoms with Gasteiger partial charge in [-0.15, -0.1) is 0 Å². The van der Waals surface area contributed by atoms with Crippen molar-refractivity contribution in [2.75, 3.05) is 0 Å². The zero-order valence-electron chi connectivity index (χ0n) is 19.9. The zero-order chi connectivity index (χ0) is 21.0. The number of fused-ring (bicyclic) bond motifs is 5. The van der Waals surface area contributed by atoms with Gasteiger partial charge in [-0.3, -0.25) is 0 Å². The number of hydrogen-bond acceptors (Lipinski definition) is 2. The molecule has 0 bridgehead atoms. The van der Waals surface area contributed by atoms with E-state index in [9.17, 15) is 10.2 Å². The van der Waals surface area contributed by atoms with E-state index in [1.165, 1.54) is 70.6 Å². The van der Waals surface area contributed by atoms with E-state index >= 15 is 0 Å². The normalized spacial score (nSPS) is 50.7. The van der Waals surface area contributed by atoms with Gasteiger partial charge in [0.15, 0.2) is 0 Å². The molecule has 0 aromatic heterocycles. The van der Waals surface area contributed by atoms with E-state index in [0.29, 0.717) is 29.6 Å². The van der Waals surface area contributed by atoms with Crippen LogP contribution in [0.25, 0.3) is 0 Å². The maximum absolute atomic E-state index is 11.6. The van der Waals surface area contributed by atoms with E-state index in [-0.39, 0.29) is 10.8 Å². The van der Waals surface area contributed by atoms with Gasteiger partial charge in [0.1, 0.15) is 0 Å². The van der Waals surface area contributed by atoms with Crippen LogP contribution in [-0.2, 0) is 0 Å². The molecule has 3 unspecified atom stereocenters. The van der Waals surface area contributed by atoms with Crippen molar-refractivity contribution in [1.29, 1.82) is 0 Å². The Hall–Kier alpha value is -0.0800. The van der Waals surface area contributed by atoms with Crippen molar-refractivity contribution in [2.45, 2.75) is 117 Å². The smallest absolute Gasteiger partial charge is 0.0861 e. The van der Waals surface area contributed by atoms with Crippen LogP contribution in [0.4, 0.5) is 0 Å². The second-order valence-corrected chi connectivity index (χ2v) is 12.6. The lowest BCUT2D eigenvalue weighted by Gasteiger charge is -2.63. The molecule has 0 aliphatic heterocycles. The third-order valence-electron chi connectivity index (χ3n) is 10.9. The molecule has 2 heteroatoms. The third kappa shape index (κ3) is 3.43. The highest BCUT2D eigenvalue weighted by Gasteiger charge is 2.66. The maximum Gasteiger partial charge on any atom is 0.0861 e. The molecule has 0 saturated heterocycles. The summed E-state index contributed by atoms with van der Waals surface area (Å²) in [4.78, 5) is 0. The van der Waals surface area contributed by atoms with Crippen molar-refractivity contribution >= 4 is 0 Å². The van der Waals surface area contributed by atoms with Crippen LogP contribution in [-0.4, -0.2) is 22.4 Å². The lowest BCUT2D eigenvalue weighted by Crippen LogP contribution is -2.65. The molecule has 29 heavy (non-hydrogen) atoms. The standard InChI is InChI=1S/C27H48O2/c1-17(2)9-8-10-18(3)21-14-15-22-20-13-12-19-11-6-7-16-26(19,4)23(20)24(28)25(29)27(21,22)5/h17-25,28-29H,6-16H2,1-5H3/t18-,19?,20+,21-,22+,23-,24?,25?,26+,27-/m1/s1. The van der Waals surface area contributed by atoms with Gasteiger partial charge in [0, 0.05) is 5.41 Å². The van der Waals surface area contributed by atoms with Gasteiger partial charge in [0.05, 0.1) is 12.2 Å². The third-order valence-corrected chi connectivity index (χ3v) is 10.9. The average Bonchev–Trinajstić information content (AvgIpc) is 3.03. The molecule has 4 rings (SSSR count). The van der Waals surface area contributed by atoms with Crippen LogP contribution in [0.3, 0.4) is 0 Å². The summed E-state index contributed by atoms with van der Waals surface area (Å²) in [6.07, 6.45) is 13.3. The monoisotopic (exact) mass is 404 g/mol. The molecule has 168 valence electrons. The van der Waals surface area contributed by atoms with Gasteiger partial charge < -0.3 is 10.2 Å². The summed E-state index contributed by atoms with van der Waals surface area (Å²) in [5, 5.41) is 23.2. The topological polar surface area (TPSA) is 40.5 Å². The minimum atomic E-state index is -0.536. The number of aliphatic hydroxyl groups excluding tert-OH is 2. The van der Waals surface area contributed by atoms with Crippen LogP contribution in [0, 0.1) is 52.3 Å². The largest absolute Gasteiger partial charge is 0.390 e. The molecule has 2 N–H and O–H groups in total. The quantitative estimate of drug-likeness (QED) is 0.553. The molecule has 0 aromatic rings. The Balaban J connectivity index is 1.57. The lowest BCUT2D eigenvalue weighted by atomic mass is 9.43. The highest BCUT2D eigenvalue weighted by molar-refractivity contribution is 5.15. The summed E-state index contributed by atoms with van der Waals surface area (Å²) in [6.45, 7) is 11.9. The van der Waals surface area contributed by atoms with E-state index in [1.54, 1.807) is 0 Å². The molecular formula is C27H48O2. The summed E-state index contributed by atoms with van der Waals surface area (Å²) in [6, 6.07) is 0. The van der Waals surface area contributed by atoms with E-state index in [0.717, 1.165) is 11.8 Å². The summed E-state index contributed by atoms with van der Waals surface area (Å²) < 4.78 is 0. The maximum atomic E-state index is 11.6. The molecule has 4 aliphatic rings.